The van der Waals surface area contributed by atoms with Crippen LogP contribution in [0.3, 0.4) is 0 Å². The van der Waals surface area contributed by atoms with E-state index < -0.39 is 5.97 Å². The van der Waals surface area contributed by atoms with Crippen molar-refractivity contribution < 1.29 is 23.9 Å². The van der Waals surface area contributed by atoms with Crippen LogP contribution in [0.15, 0.2) is 18.2 Å². The number of piperidine rings is 1. The first-order valence-corrected chi connectivity index (χ1v) is 8.20. The van der Waals surface area contributed by atoms with Crippen LogP contribution in [0.2, 0.25) is 0 Å². The number of ether oxygens (including phenoxy) is 2. The van der Waals surface area contributed by atoms with Crippen LogP contribution in [0.1, 0.15) is 28.8 Å². The fourth-order valence-electron chi connectivity index (χ4n) is 2.78. The molecule has 1 aromatic carbocycles. The maximum atomic E-state index is 12.4. The minimum atomic E-state index is -0.544. The first-order valence-electron chi connectivity index (χ1n) is 8.20. The molecule has 7 heteroatoms. The van der Waals surface area contributed by atoms with Gasteiger partial charge in [0.05, 0.1) is 13.0 Å². The number of hydrogen-bond donors (Lipinski definition) is 0. The predicted octanol–water partition coefficient (Wildman–Crippen LogP) is 2.08. The second-order valence-electron chi connectivity index (χ2n) is 6.35. The number of benzene rings is 1. The number of hydrogen-bond acceptors (Lipinski definition) is 5. The molecule has 0 spiro atoms. The van der Waals surface area contributed by atoms with E-state index in [9.17, 15) is 14.4 Å². The highest BCUT2D eigenvalue weighted by Crippen LogP contribution is 2.25. The highest BCUT2D eigenvalue weighted by atomic mass is 16.5. The van der Waals surface area contributed by atoms with Gasteiger partial charge in [-0.3, -0.25) is 4.79 Å². The van der Waals surface area contributed by atoms with Crippen molar-refractivity contribution in [2.24, 2.45) is 5.92 Å². The van der Waals surface area contributed by atoms with Crippen molar-refractivity contribution in [3.8, 4) is 5.75 Å². The lowest BCUT2D eigenvalue weighted by atomic mass is 9.97. The normalized spacial score (nSPS) is 14.8. The summed E-state index contributed by atoms with van der Waals surface area (Å²) >= 11 is 0. The molecule has 0 N–H and O–H groups in total. The van der Waals surface area contributed by atoms with Gasteiger partial charge in [-0.15, -0.1) is 0 Å². The van der Waals surface area contributed by atoms with Gasteiger partial charge in [-0.2, -0.15) is 0 Å². The average molecular weight is 348 g/mol. The molecule has 1 aliphatic heterocycles. The van der Waals surface area contributed by atoms with Crippen LogP contribution in [0, 0.1) is 12.8 Å². The molecule has 7 nitrogen and oxygen atoms in total. The Bertz CT molecular complexity index is 663. The van der Waals surface area contributed by atoms with E-state index in [2.05, 4.69) is 0 Å². The van der Waals surface area contributed by atoms with Gasteiger partial charge in [0.25, 0.3) is 0 Å². The number of aryl methyl sites for hydroxylation is 1. The lowest BCUT2D eigenvalue weighted by Gasteiger charge is -2.32. The quantitative estimate of drug-likeness (QED) is 0.617. The fraction of sp³-hybridized carbons (Fsp3) is 0.500. The van der Waals surface area contributed by atoms with Gasteiger partial charge in [-0.1, -0.05) is 6.07 Å². The second-order valence-corrected chi connectivity index (χ2v) is 6.35. The third kappa shape index (κ3) is 4.49. The zero-order valence-corrected chi connectivity index (χ0v) is 15.1. The molecule has 1 saturated heterocycles. The number of methoxy groups -OCH3 is 1. The molecular weight excluding hydrogens is 324 g/mol. The van der Waals surface area contributed by atoms with E-state index in [1.54, 1.807) is 37.2 Å². The molecule has 0 aliphatic carbocycles. The third-order valence-electron chi connectivity index (χ3n) is 4.23. The molecule has 2 amide bonds. The van der Waals surface area contributed by atoms with Crippen LogP contribution >= 0.6 is 0 Å². The molecule has 0 atom stereocenters. The Morgan fingerprint density at radius 1 is 1.16 bits per heavy atom. The summed E-state index contributed by atoms with van der Waals surface area (Å²) in [6.07, 6.45) is 1.08. The third-order valence-corrected chi connectivity index (χ3v) is 4.23. The highest BCUT2D eigenvalue weighted by molar-refractivity contribution is 5.93. The minimum absolute atomic E-state index is 0.0571. The van der Waals surface area contributed by atoms with Crippen molar-refractivity contribution in [1.82, 2.24) is 9.80 Å². The monoisotopic (exact) mass is 348 g/mol. The molecule has 0 unspecified atom stereocenters. The molecule has 25 heavy (non-hydrogen) atoms. The molecule has 0 bridgehead atoms. The molecule has 0 radical (unpaired) electrons. The minimum Gasteiger partial charge on any atom is -0.465 e. The van der Waals surface area contributed by atoms with Gasteiger partial charge in [0.2, 0.25) is 0 Å². The van der Waals surface area contributed by atoms with Gasteiger partial charge in [-0.25, -0.2) is 9.59 Å². The molecule has 1 fully saturated rings. The van der Waals surface area contributed by atoms with Crippen molar-refractivity contribution in [3.05, 3.63) is 29.3 Å². The first kappa shape index (κ1) is 18.8. The summed E-state index contributed by atoms with van der Waals surface area (Å²) in [5.74, 6) is -1.02. The summed E-state index contributed by atoms with van der Waals surface area (Å²) in [6.45, 7) is 2.86. The molecule has 136 valence electrons. The maximum Gasteiger partial charge on any atom is 0.341 e. The molecule has 0 aromatic heterocycles. The van der Waals surface area contributed by atoms with E-state index >= 15 is 0 Å². The Hall–Kier alpha value is -2.57. The number of carbonyl (C=O) groups is 3. The van der Waals surface area contributed by atoms with Gasteiger partial charge in [0.1, 0.15) is 11.3 Å². The standard InChI is InChI=1S/C18H24N2O5/c1-12-5-6-15(14(11-12)17(22)24-4)25-16(21)13-7-9-20(10-8-13)18(23)19(2)3/h5-6,11,13H,7-10H2,1-4H3. The highest BCUT2D eigenvalue weighted by Gasteiger charge is 2.30. The molecule has 1 aliphatic rings. The number of esters is 2. The van der Waals surface area contributed by atoms with Crippen LogP contribution in [0.4, 0.5) is 4.79 Å². The Morgan fingerprint density at radius 3 is 2.36 bits per heavy atom. The smallest absolute Gasteiger partial charge is 0.341 e. The summed E-state index contributed by atoms with van der Waals surface area (Å²) in [7, 11) is 4.69. The Labute approximate surface area is 147 Å². The first-order chi connectivity index (χ1) is 11.8. The van der Waals surface area contributed by atoms with E-state index in [-0.39, 0.29) is 29.2 Å². The van der Waals surface area contributed by atoms with Crippen LogP contribution in [-0.2, 0) is 9.53 Å². The summed E-state index contributed by atoms with van der Waals surface area (Å²) in [4.78, 5) is 39.5. The topological polar surface area (TPSA) is 76.1 Å². The summed E-state index contributed by atoms with van der Waals surface area (Å²) in [5.41, 5.74) is 1.10. The van der Waals surface area contributed by atoms with Crippen molar-refractivity contribution in [2.45, 2.75) is 19.8 Å². The molecule has 1 heterocycles. The number of urea groups is 1. The SMILES string of the molecule is COC(=O)c1cc(C)ccc1OC(=O)C1CCN(C(=O)N(C)C)CC1. The van der Waals surface area contributed by atoms with E-state index in [0.717, 1.165) is 5.56 Å². The maximum absolute atomic E-state index is 12.4. The number of likely N-dealkylation sites (tertiary alicyclic amines) is 1. The number of nitrogens with zero attached hydrogens (tertiary/aromatic N) is 2. The van der Waals surface area contributed by atoms with Gasteiger partial charge in [0, 0.05) is 27.2 Å². The van der Waals surface area contributed by atoms with Gasteiger partial charge >= 0.3 is 18.0 Å². The lowest BCUT2D eigenvalue weighted by molar-refractivity contribution is -0.140. The number of rotatable bonds is 3. The van der Waals surface area contributed by atoms with Gasteiger partial charge in [0.15, 0.2) is 0 Å². The summed E-state index contributed by atoms with van der Waals surface area (Å²) in [6, 6.07) is 4.95. The van der Waals surface area contributed by atoms with Gasteiger partial charge < -0.3 is 19.3 Å². The Balaban J connectivity index is 2.02. The van der Waals surface area contributed by atoms with E-state index in [1.165, 1.54) is 12.0 Å². The lowest BCUT2D eigenvalue weighted by Crippen LogP contribution is -2.45. The van der Waals surface area contributed by atoms with Crippen molar-refractivity contribution >= 4 is 18.0 Å². The Kier molecular flexibility index (Phi) is 6.01. The van der Waals surface area contributed by atoms with Crippen LogP contribution in [-0.4, -0.2) is 62.1 Å². The Morgan fingerprint density at radius 2 is 1.80 bits per heavy atom. The zero-order chi connectivity index (χ0) is 18.6. The predicted molar refractivity (Wildman–Crippen MR) is 91.5 cm³/mol. The average Bonchev–Trinajstić information content (AvgIpc) is 2.61. The molecule has 1 aromatic rings. The summed E-state index contributed by atoms with van der Waals surface area (Å²) < 4.78 is 10.2. The largest absolute Gasteiger partial charge is 0.465 e. The van der Waals surface area contributed by atoms with Gasteiger partial charge in [-0.05, 0) is 37.5 Å². The number of amides is 2. The van der Waals surface area contributed by atoms with Crippen molar-refractivity contribution in [1.29, 1.82) is 0 Å². The molecular formula is C18H24N2O5. The fourth-order valence-corrected chi connectivity index (χ4v) is 2.78. The van der Waals surface area contributed by atoms with E-state index in [4.69, 9.17) is 9.47 Å². The van der Waals surface area contributed by atoms with Crippen molar-refractivity contribution in [3.63, 3.8) is 0 Å². The second kappa shape index (κ2) is 8.00. The van der Waals surface area contributed by atoms with E-state index in [0.29, 0.717) is 25.9 Å². The number of carbonyl (C=O) groups excluding carboxylic acids is 3. The van der Waals surface area contributed by atoms with Crippen molar-refractivity contribution in [2.75, 3.05) is 34.3 Å². The van der Waals surface area contributed by atoms with Crippen LogP contribution in [0.5, 0.6) is 5.75 Å². The van der Waals surface area contributed by atoms with Crippen LogP contribution < -0.4 is 4.74 Å². The zero-order valence-electron chi connectivity index (χ0n) is 15.1. The van der Waals surface area contributed by atoms with Crippen LogP contribution in [0.25, 0.3) is 0 Å². The summed E-state index contributed by atoms with van der Waals surface area (Å²) in [5, 5.41) is 0. The van der Waals surface area contributed by atoms with E-state index in [1.807, 2.05) is 6.92 Å². The molecule has 0 saturated carbocycles. The molecule has 2 rings (SSSR count).